The average Bonchev–Trinajstić information content (AvgIpc) is 2.38. The van der Waals surface area contributed by atoms with Crippen LogP contribution in [0.4, 0.5) is 4.79 Å². The number of halogens is 1. The van der Waals surface area contributed by atoms with Crippen molar-refractivity contribution in [2.45, 2.75) is 25.7 Å². The highest BCUT2D eigenvalue weighted by molar-refractivity contribution is 6.31. The summed E-state index contributed by atoms with van der Waals surface area (Å²) in [6.45, 7) is 1.34. The van der Waals surface area contributed by atoms with E-state index >= 15 is 0 Å². The summed E-state index contributed by atoms with van der Waals surface area (Å²) in [6.07, 6.45) is 3.22. The molecule has 1 saturated heterocycles. The van der Waals surface area contributed by atoms with E-state index in [0.29, 0.717) is 19.0 Å². The number of amides is 1. The van der Waals surface area contributed by atoms with Crippen LogP contribution in [-0.2, 0) is 6.42 Å². The molecule has 2 rings (SSSR count). The molecule has 1 aliphatic heterocycles. The summed E-state index contributed by atoms with van der Waals surface area (Å²) in [7, 11) is 0. The molecular formula is C14H18ClNO2. The third kappa shape index (κ3) is 3.39. The number of benzene rings is 1. The van der Waals surface area contributed by atoms with Crippen LogP contribution in [0.3, 0.4) is 0 Å². The van der Waals surface area contributed by atoms with Gasteiger partial charge >= 0.3 is 6.09 Å². The summed E-state index contributed by atoms with van der Waals surface area (Å²) in [5.41, 5.74) is 1.19. The second-order valence-electron chi connectivity index (χ2n) is 4.84. The molecule has 0 radical (unpaired) electrons. The standard InChI is InChI=1S/C14H18ClNO2/c15-13-4-2-1-3-12(13)6-5-11-7-9-16(10-8-11)14(17)18/h1-4,11H,5-10H2,(H,17,18). The molecule has 1 aromatic carbocycles. The van der Waals surface area contributed by atoms with Crippen molar-refractivity contribution in [3.63, 3.8) is 0 Å². The number of piperidine rings is 1. The van der Waals surface area contributed by atoms with E-state index in [1.54, 1.807) is 0 Å². The molecular weight excluding hydrogens is 250 g/mol. The summed E-state index contributed by atoms with van der Waals surface area (Å²) >= 11 is 6.12. The molecule has 0 aromatic heterocycles. The van der Waals surface area contributed by atoms with Gasteiger partial charge in [-0.15, -0.1) is 0 Å². The van der Waals surface area contributed by atoms with E-state index in [1.165, 1.54) is 10.5 Å². The minimum atomic E-state index is -0.792. The lowest BCUT2D eigenvalue weighted by molar-refractivity contribution is 0.123. The number of carbonyl (C=O) groups is 1. The third-order valence-corrected chi connectivity index (χ3v) is 4.03. The van der Waals surface area contributed by atoms with Gasteiger partial charge in [0.25, 0.3) is 0 Å². The normalized spacial score (nSPS) is 16.8. The van der Waals surface area contributed by atoms with E-state index in [4.69, 9.17) is 16.7 Å². The topological polar surface area (TPSA) is 40.5 Å². The molecule has 98 valence electrons. The van der Waals surface area contributed by atoms with Crippen molar-refractivity contribution in [3.8, 4) is 0 Å². The molecule has 0 saturated carbocycles. The van der Waals surface area contributed by atoms with E-state index < -0.39 is 6.09 Å². The molecule has 0 spiro atoms. The van der Waals surface area contributed by atoms with Gasteiger partial charge in [-0.05, 0) is 43.2 Å². The Bertz CT molecular complexity index is 414. The van der Waals surface area contributed by atoms with Gasteiger partial charge in [0.2, 0.25) is 0 Å². The van der Waals surface area contributed by atoms with Crippen LogP contribution in [0.2, 0.25) is 5.02 Å². The smallest absolute Gasteiger partial charge is 0.407 e. The second kappa shape index (κ2) is 6.10. The second-order valence-corrected chi connectivity index (χ2v) is 5.25. The van der Waals surface area contributed by atoms with E-state index in [1.807, 2.05) is 18.2 Å². The quantitative estimate of drug-likeness (QED) is 0.908. The summed E-state index contributed by atoms with van der Waals surface area (Å²) < 4.78 is 0. The SMILES string of the molecule is O=C(O)N1CCC(CCc2ccccc2Cl)CC1. The molecule has 0 unspecified atom stereocenters. The minimum Gasteiger partial charge on any atom is -0.465 e. The molecule has 0 aliphatic carbocycles. The Kier molecular flexibility index (Phi) is 4.48. The number of hydrogen-bond acceptors (Lipinski definition) is 1. The molecule has 1 heterocycles. The molecule has 18 heavy (non-hydrogen) atoms. The molecule has 1 aromatic rings. The van der Waals surface area contributed by atoms with Gasteiger partial charge in [-0.1, -0.05) is 29.8 Å². The zero-order chi connectivity index (χ0) is 13.0. The van der Waals surface area contributed by atoms with Crippen molar-refractivity contribution in [1.29, 1.82) is 0 Å². The first kappa shape index (κ1) is 13.2. The lowest BCUT2D eigenvalue weighted by Gasteiger charge is -2.30. The van der Waals surface area contributed by atoms with Gasteiger partial charge in [0.1, 0.15) is 0 Å². The molecule has 1 amide bonds. The van der Waals surface area contributed by atoms with Gasteiger partial charge in [-0.3, -0.25) is 0 Å². The Hall–Kier alpha value is -1.22. The zero-order valence-electron chi connectivity index (χ0n) is 10.3. The molecule has 1 aliphatic rings. The molecule has 0 bridgehead atoms. The Morgan fingerprint density at radius 1 is 1.33 bits per heavy atom. The fourth-order valence-corrected chi connectivity index (χ4v) is 2.70. The van der Waals surface area contributed by atoms with Crippen molar-refractivity contribution < 1.29 is 9.90 Å². The van der Waals surface area contributed by atoms with Crippen LogP contribution in [0.5, 0.6) is 0 Å². The number of nitrogens with zero attached hydrogens (tertiary/aromatic N) is 1. The van der Waals surface area contributed by atoms with Crippen LogP contribution in [0.25, 0.3) is 0 Å². The van der Waals surface area contributed by atoms with E-state index in [0.717, 1.165) is 30.7 Å². The van der Waals surface area contributed by atoms with Crippen LogP contribution < -0.4 is 0 Å². The first-order valence-corrected chi connectivity index (χ1v) is 6.76. The first-order chi connectivity index (χ1) is 8.66. The highest BCUT2D eigenvalue weighted by atomic mass is 35.5. The van der Waals surface area contributed by atoms with Crippen molar-refractivity contribution in [3.05, 3.63) is 34.9 Å². The molecule has 4 heteroatoms. The summed E-state index contributed by atoms with van der Waals surface area (Å²) in [4.78, 5) is 12.3. The predicted molar refractivity (Wildman–Crippen MR) is 72.1 cm³/mol. The largest absolute Gasteiger partial charge is 0.465 e. The Morgan fingerprint density at radius 3 is 2.61 bits per heavy atom. The number of rotatable bonds is 3. The van der Waals surface area contributed by atoms with Crippen LogP contribution in [-0.4, -0.2) is 29.2 Å². The van der Waals surface area contributed by atoms with Crippen molar-refractivity contribution in [2.75, 3.05) is 13.1 Å². The van der Waals surface area contributed by atoms with E-state index in [9.17, 15) is 4.79 Å². The Labute approximate surface area is 112 Å². The molecule has 0 atom stereocenters. The van der Waals surface area contributed by atoms with Crippen molar-refractivity contribution >= 4 is 17.7 Å². The van der Waals surface area contributed by atoms with Crippen LogP contribution in [0.1, 0.15) is 24.8 Å². The van der Waals surface area contributed by atoms with Gasteiger partial charge in [0, 0.05) is 18.1 Å². The highest BCUT2D eigenvalue weighted by Crippen LogP contribution is 2.24. The molecule has 1 fully saturated rings. The number of hydrogen-bond donors (Lipinski definition) is 1. The maximum atomic E-state index is 10.8. The van der Waals surface area contributed by atoms with Crippen molar-refractivity contribution in [2.24, 2.45) is 5.92 Å². The van der Waals surface area contributed by atoms with Crippen molar-refractivity contribution in [1.82, 2.24) is 4.90 Å². The summed E-state index contributed by atoms with van der Waals surface area (Å²) in [5, 5.41) is 9.71. The van der Waals surface area contributed by atoms with Gasteiger partial charge in [0.05, 0.1) is 0 Å². The summed E-state index contributed by atoms with van der Waals surface area (Å²) in [5.74, 6) is 0.622. The average molecular weight is 268 g/mol. The Morgan fingerprint density at radius 2 is 2.00 bits per heavy atom. The monoisotopic (exact) mass is 267 g/mol. The maximum absolute atomic E-state index is 10.8. The molecule has 3 nitrogen and oxygen atoms in total. The van der Waals surface area contributed by atoms with Gasteiger partial charge < -0.3 is 10.0 Å². The highest BCUT2D eigenvalue weighted by Gasteiger charge is 2.21. The number of aryl methyl sites for hydroxylation is 1. The first-order valence-electron chi connectivity index (χ1n) is 6.38. The van der Waals surface area contributed by atoms with E-state index in [-0.39, 0.29) is 0 Å². The lowest BCUT2D eigenvalue weighted by atomic mass is 9.91. The predicted octanol–water partition coefficient (Wildman–Crippen LogP) is 3.66. The van der Waals surface area contributed by atoms with Crippen LogP contribution >= 0.6 is 11.6 Å². The van der Waals surface area contributed by atoms with Gasteiger partial charge in [0.15, 0.2) is 0 Å². The van der Waals surface area contributed by atoms with Gasteiger partial charge in [-0.25, -0.2) is 4.79 Å². The zero-order valence-corrected chi connectivity index (χ0v) is 11.1. The van der Waals surface area contributed by atoms with Gasteiger partial charge in [-0.2, -0.15) is 0 Å². The van der Waals surface area contributed by atoms with E-state index in [2.05, 4.69) is 6.07 Å². The third-order valence-electron chi connectivity index (χ3n) is 3.66. The maximum Gasteiger partial charge on any atom is 0.407 e. The number of carboxylic acid groups (broad SMARTS) is 1. The summed E-state index contributed by atoms with van der Waals surface area (Å²) in [6, 6.07) is 7.93. The fraction of sp³-hybridized carbons (Fsp3) is 0.500. The van der Waals surface area contributed by atoms with Crippen LogP contribution in [0, 0.1) is 5.92 Å². The molecule has 1 N–H and O–H groups in total. The lowest BCUT2D eigenvalue weighted by Crippen LogP contribution is -2.37. The van der Waals surface area contributed by atoms with Crippen LogP contribution in [0.15, 0.2) is 24.3 Å². The fourth-order valence-electron chi connectivity index (χ4n) is 2.47. The Balaban J connectivity index is 1.79. The number of likely N-dealkylation sites (tertiary alicyclic amines) is 1. The minimum absolute atomic E-state index is 0.622.